The molecule has 140 valence electrons. The number of nitrogens with one attached hydrogen (secondary N) is 1. The summed E-state index contributed by atoms with van der Waals surface area (Å²) >= 11 is 0. The molecule has 0 atom stereocenters. The number of anilines is 1. The number of rotatable bonds is 6. The molecule has 0 amide bonds. The van der Waals surface area contributed by atoms with E-state index in [4.69, 9.17) is 4.74 Å². The number of methoxy groups -OCH3 is 1. The molecule has 5 nitrogen and oxygen atoms in total. The van der Waals surface area contributed by atoms with E-state index < -0.39 is 15.8 Å². The van der Waals surface area contributed by atoms with Gasteiger partial charge in [0.25, 0.3) is 0 Å². The van der Waals surface area contributed by atoms with Crippen molar-refractivity contribution in [3.8, 4) is 5.75 Å². The zero-order valence-electron chi connectivity index (χ0n) is 14.7. The Labute approximate surface area is 153 Å². The number of ether oxygens (including phenoxy) is 1. The van der Waals surface area contributed by atoms with Crippen LogP contribution in [0.5, 0.6) is 5.75 Å². The van der Waals surface area contributed by atoms with Crippen LogP contribution in [0.25, 0.3) is 0 Å². The topological polar surface area (TPSA) is 58.6 Å². The lowest BCUT2D eigenvalue weighted by atomic mass is 10.1. The van der Waals surface area contributed by atoms with E-state index in [1.165, 1.54) is 38.5 Å². The van der Waals surface area contributed by atoms with Crippen molar-refractivity contribution in [3.05, 3.63) is 53.8 Å². The van der Waals surface area contributed by atoms with Crippen LogP contribution in [0.1, 0.15) is 24.8 Å². The number of piperidine rings is 1. The molecular formula is C19H23FN2O3S. The van der Waals surface area contributed by atoms with Gasteiger partial charge in [-0.15, -0.1) is 0 Å². The number of hydrogen-bond acceptors (Lipinski definition) is 4. The first-order valence-electron chi connectivity index (χ1n) is 8.67. The molecule has 0 saturated carbocycles. The lowest BCUT2D eigenvalue weighted by Gasteiger charge is -2.28. The molecule has 0 aliphatic carbocycles. The Kier molecular flexibility index (Phi) is 5.78. The third-order valence-corrected chi connectivity index (χ3v) is 5.96. The maximum atomic E-state index is 13.7. The molecule has 0 aromatic heterocycles. The van der Waals surface area contributed by atoms with E-state index in [0.29, 0.717) is 0 Å². The van der Waals surface area contributed by atoms with Gasteiger partial charge < -0.3 is 9.64 Å². The van der Waals surface area contributed by atoms with E-state index in [9.17, 15) is 12.8 Å². The second-order valence-electron chi connectivity index (χ2n) is 6.34. The largest absolute Gasteiger partial charge is 0.494 e. The van der Waals surface area contributed by atoms with Crippen LogP contribution >= 0.6 is 0 Å². The first-order valence-corrected chi connectivity index (χ1v) is 10.1. The summed E-state index contributed by atoms with van der Waals surface area (Å²) in [5.74, 6) is -0.696. The highest BCUT2D eigenvalue weighted by Crippen LogP contribution is 2.22. The van der Waals surface area contributed by atoms with Crippen molar-refractivity contribution in [3.63, 3.8) is 0 Å². The molecule has 1 aliphatic heterocycles. The molecule has 0 spiro atoms. The summed E-state index contributed by atoms with van der Waals surface area (Å²) in [4.78, 5) is 2.22. The van der Waals surface area contributed by atoms with Gasteiger partial charge in [-0.25, -0.2) is 17.5 Å². The first-order chi connectivity index (χ1) is 12.5. The standard InChI is InChI=1S/C19H23FN2O3S/c1-25-19-10-9-17(13-18(19)20)26(23,24)21-14-15-5-7-16(8-6-15)22-11-3-2-4-12-22/h5-10,13,21H,2-4,11-12,14H2,1H3. The van der Waals surface area contributed by atoms with E-state index in [0.717, 1.165) is 30.4 Å². The van der Waals surface area contributed by atoms with Crippen LogP contribution in [0.15, 0.2) is 47.4 Å². The molecule has 1 saturated heterocycles. The zero-order chi connectivity index (χ0) is 18.6. The number of sulfonamides is 1. The summed E-state index contributed by atoms with van der Waals surface area (Å²) in [6.45, 7) is 2.28. The SMILES string of the molecule is COc1ccc(S(=O)(=O)NCc2ccc(N3CCCCC3)cc2)cc1F. The summed E-state index contributed by atoms with van der Waals surface area (Å²) in [5, 5.41) is 0. The molecule has 3 rings (SSSR count). The minimum absolute atomic E-state index is 0.0113. The highest BCUT2D eigenvalue weighted by molar-refractivity contribution is 7.89. The summed E-state index contributed by atoms with van der Waals surface area (Å²) < 4.78 is 45.7. The van der Waals surface area contributed by atoms with Crippen LogP contribution in [-0.4, -0.2) is 28.6 Å². The highest BCUT2D eigenvalue weighted by atomic mass is 32.2. The van der Waals surface area contributed by atoms with Crippen molar-refractivity contribution in [1.82, 2.24) is 4.72 Å². The number of benzene rings is 2. The van der Waals surface area contributed by atoms with Crippen molar-refractivity contribution in [2.75, 3.05) is 25.1 Å². The van der Waals surface area contributed by atoms with Crippen molar-refractivity contribution in [2.45, 2.75) is 30.7 Å². The van der Waals surface area contributed by atoms with Crippen LogP contribution in [0, 0.1) is 5.82 Å². The molecule has 2 aromatic rings. The Morgan fingerprint density at radius 3 is 2.38 bits per heavy atom. The lowest BCUT2D eigenvalue weighted by Crippen LogP contribution is -2.29. The molecule has 0 bridgehead atoms. The summed E-state index contributed by atoms with van der Waals surface area (Å²) in [5.41, 5.74) is 2.01. The van der Waals surface area contributed by atoms with Gasteiger partial charge in [-0.05, 0) is 55.2 Å². The molecule has 1 aliphatic rings. The normalized spacial score (nSPS) is 15.1. The summed E-state index contributed by atoms with van der Waals surface area (Å²) in [7, 11) is -2.46. The maximum absolute atomic E-state index is 13.7. The smallest absolute Gasteiger partial charge is 0.240 e. The van der Waals surface area contributed by atoms with Gasteiger partial charge in [0.05, 0.1) is 12.0 Å². The van der Waals surface area contributed by atoms with Gasteiger partial charge in [0, 0.05) is 25.3 Å². The molecule has 1 fully saturated rings. The van der Waals surface area contributed by atoms with Crippen LogP contribution in [0.4, 0.5) is 10.1 Å². The van der Waals surface area contributed by atoms with Crippen LogP contribution in [0.3, 0.4) is 0 Å². The minimum atomic E-state index is -3.79. The Morgan fingerprint density at radius 1 is 1.08 bits per heavy atom. The van der Waals surface area contributed by atoms with Gasteiger partial charge in [-0.3, -0.25) is 0 Å². The predicted molar refractivity (Wildman–Crippen MR) is 99.5 cm³/mol. The lowest BCUT2D eigenvalue weighted by molar-refractivity contribution is 0.385. The minimum Gasteiger partial charge on any atom is -0.494 e. The van der Waals surface area contributed by atoms with Gasteiger partial charge >= 0.3 is 0 Å². The van der Waals surface area contributed by atoms with E-state index in [2.05, 4.69) is 9.62 Å². The average molecular weight is 378 g/mol. The molecule has 0 unspecified atom stereocenters. The zero-order valence-corrected chi connectivity index (χ0v) is 15.6. The van der Waals surface area contributed by atoms with Gasteiger partial charge in [-0.2, -0.15) is 0 Å². The van der Waals surface area contributed by atoms with Crippen LogP contribution in [0.2, 0.25) is 0 Å². The van der Waals surface area contributed by atoms with E-state index in [-0.39, 0.29) is 17.2 Å². The van der Waals surface area contributed by atoms with Crippen molar-refractivity contribution in [1.29, 1.82) is 0 Å². The van der Waals surface area contributed by atoms with Crippen LogP contribution < -0.4 is 14.4 Å². The maximum Gasteiger partial charge on any atom is 0.240 e. The van der Waals surface area contributed by atoms with Gasteiger partial charge in [0.1, 0.15) is 0 Å². The Hall–Kier alpha value is -2.12. The Balaban J connectivity index is 1.65. The number of hydrogen-bond donors (Lipinski definition) is 1. The van der Waals surface area contributed by atoms with E-state index in [1.807, 2.05) is 24.3 Å². The Bertz CT molecular complexity index is 848. The van der Waals surface area contributed by atoms with Gasteiger partial charge in [0.15, 0.2) is 11.6 Å². The second-order valence-corrected chi connectivity index (χ2v) is 8.10. The summed E-state index contributed by atoms with van der Waals surface area (Å²) in [6.07, 6.45) is 3.70. The molecule has 1 heterocycles. The van der Waals surface area contributed by atoms with E-state index >= 15 is 0 Å². The van der Waals surface area contributed by atoms with Gasteiger partial charge in [-0.1, -0.05) is 12.1 Å². The number of halogens is 1. The van der Waals surface area contributed by atoms with Gasteiger partial charge in [0.2, 0.25) is 10.0 Å². The average Bonchev–Trinajstić information content (AvgIpc) is 2.67. The second kappa shape index (κ2) is 8.05. The van der Waals surface area contributed by atoms with Crippen molar-refractivity contribution >= 4 is 15.7 Å². The molecular weight excluding hydrogens is 355 g/mol. The third kappa shape index (κ3) is 4.34. The van der Waals surface area contributed by atoms with E-state index in [1.54, 1.807) is 0 Å². The molecule has 7 heteroatoms. The summed E-state index contributed by atoms with van der Waals surface area (Å²) in [6, 6.07) is 11.5. The Morgan fingerprint density at radius 2 is 1.77 bits per heavy atom. The third-order valence-electron chi connectivity index (χ3n) is 4.56. The monoisotopic (exact) mass is 378 g/mol. The predicted octanol–water partition coefficient (Wildman–Crippen LogP) is 3.30. The van der Waals surface area contributed by atoms with Crippen molar-refractivity contribution < 1.29 is 17.5 Å². The molecule has 1 N–H and O–H groups in total. The molecule has 26 heavy (non-hydrogen) atoms. The molecule has 0 radical (unpaired) electrons. The van der Waals surface area contributed by atoms with Crippen molar-refractivity contribution in [2.24, 2.45) is 0 Å². The fraction of sp³-hybridized carbons (Fsp3) is 0.368. The molecule has 2 aromatic carbocycles. The number of nitrogens with zero attached hydrogens (tertiary/aromatic N) is 1. The highest BCUT2D eigenvalue weighted by Gasteiger charge is 2.17. The first kappa shape index (κ1) is 18.7. The quantitative estimate of drug-likeness (QED) is 0.838. The fourth-order valence-electron chi connectivity index (χ4n) is 3.05. The van der Waals surface area contributed by atoms with Crippen LogP contribution in [-0.2, 0) is 16.6 Å². The fourth-order valence-corrected chi connectivity index (χ4v) is 4.08.